The van der Waals surface area contributed by atoms with Crippen LogP contribution in [0.5, 0.6) is 0 Å². The molecular weight excluding hydrogens is 683 g/mol. The van der Waals surface area contributed by atoms with Crippen LogP contribution in [0.4, 0.5) is 8.78 Å². The summed E-state index contributed by atoms with van der Waals surface area (Å²) in [6, 6.07) is 13.9. The molecule has 2 aromatic carbocycles. The monoisotopic (exact) mass is 749 g/mol. The minimum absolute atomic E-state index is 0.257. The third-order valence-electron chi connectivity index (χ3n) is 14.5. The first kappa shape index (κ1) is 41.4. The van der Waals surface area contributed by atoms with Gasteiger partial charge in [0.1, 0.15) is 11.6 Å². The molecule has 4 fully saturated rings. The lowest BCUT2D eigenvalue weighted by Crippen LogP contribution is -2.27. The van der Waals surface area contributed by atoms with Gasteiger partial charge < -0.3 is 4.74 Å². The van der Waals surface area contributed by atoms with Gasteiger partial charge in [-0.1, -0.05) is 102 Å². The van der Waals surface area contributed by atoms with Crippen molar-refractivity contribution in [3.05, 3.63) is 82.4 Å². The van der Waals surface area contributed by atoms with E-state index in [0.29, 0.717) is 35.5 Å². The van der Waals surface area contributed by atoms with Crippen molar-refractivity contribution in [3.8, 4) is 12.1 Å². The molecule has 0 unspecified atom stereocenters. The Bertz CT molecular complexity index is 1550. The van der Waals surface area contributed by atoms with E-state index in [2.05, 4.69) is 38.1 Å². The van der Waals surface area contributed by atoms with E-state index in [4.69, 9.17) is 4.74 Å². The molecule has 4 aliphatic rings. The number of benzene rings is 2. The largest absolute Gasteiger partial charge is 0.373 e. The van der Waals surface area contributed by atoms with E-state index in [1.807, 2.05) is 0 Å². The Kier molecular flexibility index (Phi) is 15.6. The van der Waals surface area contributed by atoms with Gasteiger partial charge in [-0.15, -0.1) is 0 Å². The summed E-state index contributed by atoms with van der Waals surface area (Å²) in [6.45, 7) is 5.29. The smallest absolute Gasteiger partial charge is 0.132 e. The Morgan fingerprint density at radius 2 is 1.02 bits per heavy atom. The Hall–Kier alpha value is -3.28. The minimum Gasteiger partial charge on any atom is -0.373 e. The molecule has 0 bridgehead atoms. The molecule has 296 valence electrons. The van der Waals surface area contributed by atoms with E-state index in [-0.39, 0.29) is 23.5 Å². The molecule has 4 aliphatic carbocycles. The van der Waals surface area contributed by atoms with Gasteiger partial charge in [0.25, 0.3) is 0 Å². The minimum atomic E-state index is -0.342. The number of nitriles is 2. The molecule has 5 heteroatoms. The van der Waals surface area contributed by atoms with Crippen molar-refractivity contribution in [1.29, 1.82) is 10.5 Å². The van der Waals surface area contributed by atoms with E-state index < -0.39 is 0 Å². The van der Waals surface area contributed by atoms with E-state index in [1.165, 1.54) is 115 Å². The topological polar surface area (TPSA) is 56.8 Å². The second kappa shape index (κ2) is 20.8. The first-order valence-corrected chi connectivity index (χ1v) is 22.3. The molecule has 0 saturated heterocycles. The molecule has 55 heavy (non-hydrogen) atoms. The second-order valence-corrected chi connectivity index (χ2v) is 17.9. The van der Waals surface area contributed by atoms with Crippen LogP contribution in [-0.4, -0.2) is 13.2 Å². The van der Waals surface area contributed by atoms with Crippen molar-refractivity contribution >= 4 is 11.1 Å². The summed E-state index contributed by atoms with van der Waals surface area (Å²) in [5.41, 5.74) is 3.83. The number of hydrogen-bond donors (Lipinski definition) is 0. The van der Waals surface area contributed by atoms with Gasteiger partial charge in [-0.25, -0.2) is 8.78 Å². The van der Waals surface area contributed by atoms with Gasteiger partial charge in [-0.2, -0.15) is 10.5 Å². The number of ether oxygens (including phenoxy) is 1. The maximum atomic E-state index is 15.6. The summed E-state index contributed by atoms with van der Waals surface area (Å²) < 4.78 is 37.5. The van der Waals surface area contributed by atoms with Crippen LogP contribution in [0.25, 0.3) is 11.1 Å². The van der Waals surface area contributed by atoms with Crippen LogP contribution in [0.15, 0.2) is 48.6 Å². The van der Waals surface area contributed by atoms with Crippen molar-refractivity contribution in [1.82, 2.24) is 0 Å². The number of allylic oxidation sites excluding steroid dienone is 2. The molecular formula is C50H66F2N2O. The normalized spacial score (nSPS) is 29.3. The number of hydrogen-bond acceptors (Lipinski definition) is 3. The lowest BCUT2D eigenvalue weighted by molar-refractivity contribution is 0.145. The molecule has 0 N–H and O–H groups in total. The zero-order chi connectivity index (χ0) is 38.6. The first-order chi connectivity index (χ1) is 26.9. The van der Waals surface area contributed by atoms with Crippen LogP contribution >= 0.6 is 0 Å². The molecule has 0 radical (unpaired) electrons. The second-order valence-electron chi connectivity index (χ2n) is 17.9. The van der Waals surface area contributed by atoms with Crippen LogP contribution in [0.1, 0.15) is 165 Å². The highest BCUT2D eigenvalue weighted by Gasteiger charge is 2.34. The van der Waals surface area contributed by atoms with Crippen molar-refractivity contribution in [2.24, 2.45) is 47.3 Å². The van der Waals surface area contributed by atoms with Crippen LogP contribution in [0.2, 0.25) is 0 Å². The molecule has 6 rings (SSSR count). The molecule has 2 aromatic rings. The van der Waals surface area contributed by atoms with Gasteiger partial charge in [0.15, 0.2) is 0 Å². The molecule has 4 atom stereocenters. The molecule has 0 aromatic heterocycles. The average molecular weight is 749 g/mol. The third kappa shape index (κ3) is 11.0. The fourth-order valence-electron chi connectivity index (χ4n) is 11.7. The summed E-state index contributed by atoms with van der Waals surface area (Å²) >= 11 is 0. The highest BCUT2D eigenvalue weighted by atomic mass is 19.1. The van der Waals surface area contributed by atoms with Crippen LogP contribution in [0, 0.1) is 81.6 Å². The van der Waals surface area contributed by atoms with Gasteiger partial charge in [0.05, 0.1) is 36.5 Å². The molecule has 0 heterocycles. The van der Waals surface area contributed by atoms with Gasteiger partial charge in [0, 0.05) is 11.1 Å². The number of halogens is 2. The summed E-state index contributed by atoms with van der Waals surface area (Å²) in [5, 5.41) is 18.8. The summed E-state index contributed by atoms with van der Waals surface area (Å²) in [4.78, 5) is 0. The van der Waals surface area contributed by atoms with Crippen molar-refractivity contribution in [3.63, 3.8) is 0 Å². The Morgan fingerprint density at radius 1 is 0.600 bits per heavy atom. The fraction of sp³-hybridized carbons (Fsp3) is 0.640. The van der Waals surface area contributed by atoms with Crippen molar-refractivity contribution in [2.45, 2.75) is 142 Å². The number of nitrogens with zero attached hydrogens (tertiary/aromatic N) is 2. The lowest BCUT2D eigenvalue weighted by Gasteiger charge is -2.39. The summed E-state index contributed by atoms with van der Waals surface area (Å²) in [7, 11) is 0. The number of rotatable bonds is 14. The molecule has 4 saturated carbocycles. The summed E-state index contributed by atoms with van der Waals surface area (Å²) in [6.07, 6.45) is 29.4. The molecule has 0 aliphatic heterocycles. The predicted molar refractivity (Wildman–Crippen MR) is 221 cm³/mol. The fourth-order valence-corrected chi connectivity index (χ4v) is 11.7. The van der Waals surface area contributed by atoms with Crippen molar-refractivity contribution < 1.29 is 13.5 Å². The molecule has 3 nitrogen and oxygen atoms in total. The predicted octanol–water partition coefficient (Wildman–Crippen LogP) is 14.0. The van der Waals surface area contributed by atoms with E-state index in [1.54, 1.807) is 24.3 Å². The van der Waals surface area contributed by atoms with Crippen molar-refractivity contribution in [2.75, 3.05) is 13.2 Å². The molecule has 0 spiro atoms. The highest BCUT2D eigenvalue weighted by Crippen LogP contribution is 2.47. The average Bonchev–Trinajstić information content (AvgIpc) is 3.22. The first-order valence-electron chi connectivity index (χ1n) is 22.3. The van der Waals surface area contributed by atoms with E-state index in [9.17, 15) is 10.5 Å². The highest BCUT2D eigenvalue weighted by molar-refractivity contribution is 5.70. The summed E-state index contributed by atoms with van der Waals surface area (Å²) in [5.74, 6) is 4.80. The molecule has 0 amide bonds. The van der Waals surface area contributed by atoms with Crippen LogP contribution in [0.3, 0.4) is 0 Å². The van der Waals surface area contributed by atoms with Gasteiger partial charge in [-0.05, 0) is 147 Å². The van der Waals surface area contributed by atoms with E-state index >= 15 is 8.78 Å². The standard InChI is InChI=1S/C50H66F2N2O/c1-3-7-35-9-5-11-43(29-35)39-15-19-41(20-16-39)45(47-23-13-37(33-53)31-49(47)51)25-27-55-28-26-46(48-24-14-38(34-54)32-50(48)52)42-21-17-40(18-22-42)44-12-6-10-36(30-44)8-4-2/h13-14,23-26,31-32,35-36,39-44H,3-12,15-22,27-30H2,1-2H3/t35-,36-,39?,40?,41?,42?,43-,44-/m0/s1. The quantitative estimate of drug-likeness (QED) is 0.181. The Labute approximate surface area is 331 Å². The Morgan fingerprint density at radius 3 is 1.38 bits per heavy atom. The van der Waals surface area contributed by atoms with Gasteiger partial charge in [-0.3, -0.25) is 0 Å². The van der Waals surface area contributed by atoms with Gasteiger partial charge >= 0.3 is 0 Å². The van der Waals surface area contributed by atoms with E-state index in [0.717, 1.165) is 72.3 Å². The maximum Gasteiger partial charge on any atom is 0.132 e. The lowest BCUT2D eigenvalue weighted by atomic mass is 9.67. The van der Waals surface area contributed by atoms with Crippen LogP contribution < -0.4 is 0 Å². The Balaban J connectivity index is 1.14. The third-order valence-corrected chi connectivity index (χ3v) is 14.5. The van der Waals surface area contributed by atoms with Gasteiger partial charge in [0.2, 0.25) is 0 Å². The SMILES string of the molecule is CCC[C@H]1CCC[C@H](C2CCC(C(=CCOCC=C(c3ccc(C#N)cc3F)C3CCC([C@H]4CCC[C@H](CCC)C4)CC3)c3ccc(C#N)cc3F)CC2)C1. The maximum absolute atomic E-state index is 15.6. The van der Waals surface area contributed by atoms with Crippen LogP contribution in [-0.2, 0) is 4.74 Å². The zero-order valence-corrected chi connectivity index (χ0v) is 33.9. The zero-order valence-electron chi connectivity index (χ0n) is 33.9.